The van der Waals surface area contributed by atoms with E-state index in [4.69, 9.17) is 0 Å². The Labute approximate surface area is 189 Å². The van der Waals surface area contributed by atoms with Crippen LogP contribution in [-0.4, -0.2) is 74.3 Å². The van der Waals surface area contributed by atoms with Crippen molar-refractivity contribution in [3.8, 4) is 5.82 Å². The highest BCUT2D eigenvalue weighted by Crippen LogP contribution is 2.17. The first kappa shape index (κ1) is 22.3. The average molecular weight is 453 g/mol. The van der Waals surface area contributed by atoms with Gasteiger partial charge in [0.1, 0.15) is 5.82 Å². The molecule has 0 unspecified atom stereocenters. The molecule has 0 spiro atoms. The van der Waals surface area contributed by atoms with Gasteiger partial charge >= 0.3 is 0 Å². The molecule has 3 heterocycles. The largest absolute Gasteiger partial charge is 0.336 e. The van der Waals surface area contributed by atoms with Crippen LogP contribution in [0.15, 0.2) is 47.4 Å². The van der Waals surface area contributed by atoms with Crippen LogP contribution in [0.5, 0.6) is 0 Å². The molecule has 3 aromatic rings. The minimum Gasteiger partial charge on any atom is -0.336 e. The molecule has 11 heteroatoms. The first-order valence-electron chi connectivity index (χ1n) is 10.6. The van der Waals surface area contributed by atoms with Crippen molar-refractivity contribution >= 4 is 17.5 Å². The van der Waals surface area contributed by atoms with Crippen molar-refractivity contribution in [2.45, 2.75) is 13.3 Å². The number of aromatic nitrogens is 4. The number of carbonyl (C=O) groups is 2. The predicted molar refractivity (Wildman–Crippen MR) is 119 cm³/mol. The molecule has 0 aliphatic carbocycles. The van der Waals surface area contributed by atoms with Crippen LogP contribution in [0.25, 0.3) is 5.82 Å². The fourth-order valence-electron chi connectivity index (χ4n) is 3.76. The molecule has 0 bridgehead atoms. The summed E-state index contributed by atoms with van der Waals surface area (Å²) in [5, 5.41) is 13.4. The summed E-state index contributed by atoms with van der Waals surface area (Å²) < 4.78 is 14.6. The van der Waals surface area contributed by atoms with Crippen molar-refractivity contribution in [1.29, 1.82) is 0 Å². The van der Waals surface area contributed by atoms with E-state index in [0.717, 1.165) is 0 Å². The van der Waals surface area contributed by atoms with Gasteiger partial charge in [-0.2, -0.15) is 10.2 Å². The average Bonchev–Trinajstić information content (AvgIpc) is 3.25. The van der Waals surface area contributed by atoms with Gasteiger partial charge < -0.3 is 10.2 Å². The van der Waals surface area contributed by atoms with Gasteiger partial charge in [0, 0.05) is 37.9 Å². The zero-order valence-electron chi connectivity index (χ0n) is 18.1. The van der Waals surface area contributed by atoms with Gasteiger partial charge in [-0.25, -0.2) is 14.2 Å². The van der Waals surface area contributed by atoms with Crippen LogP contribution in [0.2, 0.25) is 0 Å². The molecule has 172 valence electrons. The van der Waals surface area contributed by atoms with E-state index in [0.29, 0.717) is 55.4 Å². The second-order valence-electron chi connectivity index (χ2n) is 7.67. The van der Waals surface area contributed by atoms with Gasteiger partial charge in [-0.3, -0.25) is 19.3 Å². The lowest BCUT2D eigenvalue weighted by molar-refractivity contribution is -0.117. The molecule has 33 heavy (non-hydrogen) atoms. The fraction of sp³-hybridized carbons (Fsp3) is 0.318. The number of aromatic amines is 1. The number of benzene rings is 1. The molecule has 1 fully saturated rings. The lowest BCUT2D eigenvalue weighted by Crippen LogP contribution is -2.50. The Balaban J connectivity index is 1.35. The molecule has 2 N–H and O–H groups in total. The summed E-state index contributed by atoms with van der Waals surface area (Å²) in [7, 11) is 0. The van der Waals surface area contributed by atoms with E-state index >= 15 is 0 Å². The number of anilines is 1. The summed E-state index contributed by atoms with van der Waals surface area (Å²) in [6.45, 7) is 4.18. The zero-order valence-corrected chi connectivity index (χ0v) is 18.1. The Bertz CT molecular complexity index is 1180. The molecule has 1 saturated heterocycles. The smallest absolute Gasteiger partial charge is 0.264 e. The van der Waals surface area contributed by atoms with Gasteiger partial charge in [-0.05, 0) is 36.8 Å². The van der Waals surface area contributed by atoms with Crippen LogP contribution in [0.3, 0.4) is 0 Å². The number of rotatable bonds is 6. The lowest BCUT2D eigenvalue weighted by atomic mass is 10.1. The van der Waals surface area contributed by atoms with Gasteiger partial charge in [0.2, 0.25) is 5.91 Å². The molecule has 1 aliphatic heterocycles. The van der Waals surface area contributed by atoms with Crippen LogP contribution in [-0.2, 0) is 11.2 Å². The van der Waals surface area contributed by atoms with Crippen molar-refractivity contribution in [1.82, 2.24) is 29.8 Å². The summed E-state index contributed by atoms with van der Waals surface area (Å²) in [5.41, 5.74) is 1.43. The maximum atomic E-state index is 13.1. The van der Waals surface area contributed by atoms with Gasteiger partial charge in [-0.15, -0.1) is 0 Å². The van der Waals surface area contributed by atoms with Crippen molar-refractivity contribution in [3.63, 3.8) is 0 Å². The summed E-state index contributed by atoms with van der Waals surface area (Å²) >= 11 is 0. The van der Waals surface area contributed by atoms with E-state index in [1.54, 1.807) is 15.6 Å². The minimum absolute atomic E-state index is 0.127. The zero-order chi connectivity index (χ0) is 23.4. The summed E-state index contributed by atoms with van der Waals surface area (Å²) in [4.78, 5) is 40.4. The molecule has 0 atom stereocenters. The number of nitrogens with zero attached hydrogens (tertiary/aromatic N) is 5. The molecule has 1 aliphatic rings. The Morgan fingerprint density at radius 2 is 1.82 bits per heavy atom. The maximum absolute atomic E-state index is 13.1. The SMILES string of the molecule is CCc1c(C(=O)N2CCN(CC(=O)Nc3ccc(F)cc3)CC2)cnn1-c1ccc(=O)[nH]n1. The highest BCUT2D eigenvalue weighted by molar-refractivity contribution is 5.95. The summed E-state index contributed by atoms with van der Waals surface area (Å²) in [6.07, 6.45) is 2.09. The van der Waals surface area contributed by atoms with Crippen molar-refractivity contribution in [2.75, 3.05) is 38.0 Å². The molecule has 10 nitrogen and oxygen atoms in total. The Morgan fingerprint density at radius 3 is 2.45 bits per heavy atom. The number of hydrogen-bond acceptors (Lipinski definition) is 6. The highest BCUT2D eigenvalue weighted by Gasteiger charge is 2.27. The Morgan fingerprint density at radius 1 is 1.09 bits per heavy atom. The molecule has 0 saturated carbocycles. The molecule has 4 rings (SSSR count). The second kappa shape index (κ2) is 9.74. The van der Waals surface area contributed by atoms with Gasteiger partial charge in [0.15, 0.2) is 5.82 Å². The van der Waals surface area contributed by atoms with E-state index < -0.39 is 0 Å². The molecule has 2 aromatic heterocycles. The van der Waals surface area contributed by atoms with Gasteiger partial charge in [0.25, 0.3) is 11.5 Å². The van der Waals surface area contributed by atoms with Crippen molar-refractivity contribution in [3.05, 3.63) is 70.0 Å². The third kappa shape index (κ3) is 5.14. The molecular weight excluding hydrogens is 429 g/mol. The van der Waals surface area contributed by atoms with E-state index in [2.05, 4.69) is 20.6 Å². The van der Waals surface area contributed by atoms with E-state index in [1.807, 2.05) is 11.8 Å². The Kier molecular flexibility index (Phi) is 6.59. The predicted octanol–water partition coefficient (Wildman–Crippen LogP) is 1.05. The van der Waals surface area contributed by atoms with Crippen LogP contribution in [0.1, 0.15) is 23.0 Å². The normalized spacial score (nSPS) is 14.3. The van der Waals surface area contributed by atoms with Crippen LogP contribution in [0.4, 0.5) is 10.1 Å². The number of amides is 2. The number of nitrogens with one attached hydrogen (secondary N) is 2. The van der Waals surface area contributed by atoms with Crippen LogP contribution < -0.4 is 10.9 Å². The number of halogens is 1. The first-order chi connectivity index (χ1) is 15.9. The van der Waals surface area contributed by atoms with Crippen molar-refractivity contribution in [2.24, 2.45) is 0 Å². The third-order valence-electron chi connectivity index (χ3n) is 5.47. The first-order valence-corrected chi connectivity index (χ1v) is 10.6. The number of carbonyl (C=O) groups excluding carboxylic acids is 2. The molecule has 1 aromatic carbocycles. The number of H-pyrrole nitrogens is 1. The monoisotopic (exact) mass is 453 g/mol. The van der Waals surface area contributed by atoms with Crippen LogP contribution >= 0.6 is 0 Å². The van der Waals surface area contributed by atoms with Gasteiger partial charge in [0.05, 0.1) is 24.0 Å². The van der Waals surface area contributed by atoms with Crippen molar-refractivity contribution < 1.29 is 14.0 Å². The van der Waals surface area contributed by atoms with E-state index in [9.17, 15) is 18.8 Å². The topological polar surface area (TPSA) is 116 Å². The minimum atomic E-state index is -0.361. The molecular formula is C22H24FN7O3. The van der Waals surface area contributed by atoms with Crippen LogP contribution in [0, 0.1) is 5.82 Å². The highest BCUT2D eigenvalue weighted by atomic mass is 19.1. The summed E-state index contributed by atoms with van der Waals surface area (Å²) in [5.74, 6) is -0.245. The number of hydrogen-bond donors (Lipinski definition) is 2. The van der Waals surface area contributed by atoms with E-state index in [-0.39, 0.29) is 29.7 Å². The summed E-state index contributed by atoms with van der Waals surface area (Å²) in [6, 6.07) is 8.51. The number of piperazine rings is 1. The van der Waals surface area contributed by atoms with E-state index in [1.165, 1.54) is 36.5 Å². The van der Waals surface area contributed by atoms with Gasteiger partial charge in [-0.1, -0.05) is 6.92 Å². The quantitative estimate of drug-likeness (QED) is 0.577. The maximum Gasteiger partial charge on any atom is 0.264 e. The molecule has 2 amide bonds. The second-order valence-corrected chi connectivity index (χ2v) is 7.67. The lowest BCUT2D eigenvalue weighted by Gasteiger charge is -2.34. The third-order valence-corrected chi connectivity index (χ3v) is 5.47. The Hall–Kier alpha value is -3.86. The molecule has 0 radical (unpaired) electrons. The standard InChI is InChI=1S/C22H24FN7O3/c1-2-18-17(13-24-30(18)19-7-8-20(31)27-26-19)22(33)29-11-9-28(10-12-29)14-21(32)25-16-5-3-15(23)4-6-16/h3-8,13H,2,9-12,14H2,1H3,(H,25,32)(H,27,31). The fourth-order valence-corrected chi connectivity index (χ4v) is 3.76.